The third kappa shape index (κ3) is 3.94. The third-order valence-electron chi connectivity index (χ3n) is 7.49. The van der Waals surface area contributed by atoms with E-state index in [1.54, 1.807) is 6.07 Å². The number of nitrogens with one attached hydrogen (secondary N) is 2. The molecule has 5 aliphatic rings. The minimum absolute atomic E-state index is 0.0222. The first-order valence-corrected chi connectivity index (χ1v) is 11.6. The van der Waals surface area contributed by atoms with Crippen molar-refractivity contribution in [2.24, 2.45) is 17.8 Å². The molecule has 1 aromatic carbocycles. The quantitative estimate of drug-likeness (QED) is 0.770. The first-order valence-electron chi connectivity index (χ1n) is 11.6. The molecule has 3 saturated carbocycles. The number of carbonyl (C=O) groups is 2. The van der Waals surface area contributed by atoms with Gasteiger partial charge in [0.25, 0.3) is 5.91 Å². The molecule has 7 heteroatoms. The first-order chi connectivity index (χ1) is 14.9. The Kier molecular flexibility index (Phi) is 5.21. The first kappa shape index (κ1) is 20.8. The fraction of sp³-hybridized carbons (Fsp3) is 0.667. The molecule has 1 spiro atoms. The zero-order valence-electron chi connectivity index (χ0n) is 18.5. The lowest BCUT2D eigenvalue weighted by Gasteiger charge is -2.55. The van der Waals surface area contributed by atoms with Crippen molar-refractivity contribution in [3.63, 3.8) is 0 Å². The summed E-state index contributed by atoms with van der Waals surface area (Å²) < 4.78 is 11.8. The summed E-state index contributed by atoms with van der Waals surface area (Å²) in [4.78, 5) is 28.4. The van der Waals surface area contributed by atoms with E-state index in [1.165, 1.54) is 0 Å². The maximum Gasteiger partial charge on any atom is 0.258 e. The molecule has 2 heterocycles. The van der Waals surface area contributed by atoms with Gasteiger partial charge in [-0.3, -0.25) is 14.5 Å². The van der Waals surface area contributed by atoms with Gasteiger partial charge in [0.15, 0.2) is 5.72 Å². The Balaban J connectivity index is 1.26. The molecule has 3 aliphatic carbocycles. The van der Waals surface area contributed by atoms with Gasteiger partial charge in [-0.2, -0.15) is 0 Å². The van der Waals surface area contributed by atoms with Crippen molar-refractivity contribution in [3.8, 4) is 5.75 Å². The minimum Gasteiger partial charge on any atom is -0.467 e. The van der Waals surface area contributed by atoms with Crippen LogP contribution in [0.25, 0.3) is 0 Å². The molecule has 2 aliphatic heterocycles. The molecule has 2 bridgehead atoms. The topological polar surface area (TPSA) is 79.9 Å². The maximum atomic E-state index is 13.3. The molecule has 0 radical (unpaired) electrons. The van der Waals surface area contributed by atoms with Crippen molar-refractivity contribution in [1.82, 2.24) is 15.5 Å². The summed E-state index contributed by atoms with van der Waals surface area (Å²) in [5, 5.41) is 6.49. The van der Waals surface area contributed by atoms with Crippen LogP contribution in [0.2, 0.25) is 0 Å². The van der Waals surface area contributed by atoms with Crippen LogP contribution in [-0.4, -0.2) is 60.8 Å². The van der Waals surface area contributed by atoms with Crippen LogP contribution >= 0.6 is 0 Å². The highest BCUT2D eigenvalue weighted by molar-refractivity contribution is 5.98. The van der Waals surface area contributed by atoms with Gasteiger partial charge in [-0.05, 0) is 51.2 Å². The number of benzene rings is 1. The Morgan fingerprint density at radius 1 is 1.26 bits per heavy atom. The Morgan fingerprint density at radius 3 is 2.77 bits per heavy atom. The van der Waals surface area contributed by atoms with Gasteiger partial charge < -0.3 is 20.1 Å². The van der Waals surface area contributed by atoms with Crippen molar-refractivity contribution in [1.29, 1.82) is 0 Å². The molecule has 2 N–H and O–H groups in total. The summed E-state index contributed by atoms with van der Waals surface area (Å²) in [6.45, 7) is 8.36. The summed E-state index contributed by atoms with van der Waals surface area (Å²) in [5.74, 6) is 1.08. The van der Waals surface area contributed by atoms with E-state index >= 15 is 0 Å². The average molecular weight is 428 g/mol. The number of ether oxygens (including phenoxy) is 2. The normalized spacial score (nSPS) is 32.8. The van der Waals surface area contributed by atoms with Gasteiger partial charge in [-0.25, -0.2) is 0 Å². The van der Waals surface area contributed by atoms with Gasteiger partial charge in [0.1, 0.15) is 5.75 Å². The molecule has 1 aromatic rings. The summed E-state index contributed by atoms with van der Waals surface area (Å²) in [7, 11) is 0. The van der Waals surface area contributed by atoms with E-state index in [0.29, 0.717) is 17.7 Å². The van der Waals surface area contributed by atoms with Crippen molar-refractivity contribution in [2.75, 3.05) is 32.8 Å². The van der Waals surface area contributed by atoms with Crippen LogP contribution in [0.3, 0.4) is 0 Å². The number of morpholine rings is 1. The van der Waals surface area contributed by atoms with E-state index in [0.717, 1.165) is 52.1 Å². The largest absolute Gasteiger partial charge is 0.467 e. The second kappa shape index (κ2) is 7.78. The summed E-state index contributed by atoms with van der Waals surface area (Å²) in [6, 6.07) is 7.42. The van der Waals surface area contributed by atoms with Crippen LogP contribution < -0.4 is 15.4 Å². The maximum absolute atomic E-state index is 13.3. The number of amides is 2. The zero-order valence-corrected chi connectivity index (χ0v) is 18.5. The van der Waals surface area contributed by atoms with Gasteiger partial charge in [0, 0.05) is 43.4 Å². The van der Waals surface area contributed by atoms with E-state index in [-0.39, 0.29) is 35.1 Å². The third-order valence-corrected chi connectivity index (χ3v) is 7.49. The SMILES string of the molecule is CC(C)(CN1CCOCC1)NC(=O)C1CC2CCC1CC21NC(=O)c2ccccc2O1. The number of nitrogens with zero attached hydrogens (tertiary/aromatic N) is 1. The van der Waals surface area contributed by atoms with Crippen LogP contribution in [-0.2, 0) is 9.53 Å². The van der Waals surface area contributed by atoms with Crippen molar-refractivity contribution in [3.05, 3.63) is 29.8 Å². The molecular weight excluding hydrogens is 394 g/mol. The Morgan fingerprint density at radius 2 is 2.03 bits per heavy atom. The van der Waals surface area contributed by atoms with Gasteiger partial charge in [0.05, 0.1) is 18.8 Å². The van der Waals surface area contributed by atoms with Gasteiger partial charge in [-0.15, -0.1) is 0 Å². The lowest BCUT2D eigenvalue weighted by atomic mass is 9.59. The monoisotopic (exact) mass is 427 g/mol. The molecular formula is C24H33N3O4. The van der Waals surface area contributed by atoms with Crippen LogP contribution in [0, 0.1) is 17.8 Å². The number of rotatable bonds is 4. The van der Waals surface area contributed by atoms with Gasteiger partial charge in [0.2, 0.25) is 5.91 Å². The number of carbonyl (C=O) groups excluding carboxylic acids is 2. The molecule has 2 amide bonds. The van der Waals surface area contributed by atoms with E-state index in [2.05, 4.69) is 29.4 Å². The molecule has 0 aromatic heterocycles. The van der Waals surface area contributed by atoms with E-state index in [4.69, 9.17) is 9.47 Å². The fourth-order valence-electron chi connectivity index (χ4n) is 6.07. The van der Waals surface area contributed by atoms with Crippen LogP contribution in [0.15, 0.2) is 24.3 Å². The summed E-state index contributed by atoms with van der Waals surface area (Å²) in [6.07, 6.45) is 3.44. The average Bonchev–Trinajstić information content (AvgIpc) is 2.74. The van der Waals surface area contributed by atoms with Crippen LogP contribution in [0.5, 0.6) is 5.75 Å². The van der Waals surface area contributed by atoms with Gasteiger partial charge in [-0.1, -0.05) is 12.1 Å². The van der Waals surface area contributed by atoms with Gasteiger partial charge >= 0.3 is 0 Å². The zero-order chi connectivity index (χ0) is 21.6. The smallest absolute Gasteiger partial charge is 0.258 e. The van der Waals surface area contributed by atoms with Crippen molar-refractivity contribution in [2.45, 2.75) is 50.8 Å². The van der Waals surface area contributed by atoms with Crippen LogP contribution in [0.4, 0.5) is 0 Å². The summed E-state index contributed by atoms with van der Waals surface area (Å²) >= 11 is 0. The molecule has 31 heavy (non-hydrogen) atoms. The molecule has 7 nitrogen and oxygen atoms in total. The lowest BCUT2D eigenvalue weighted by molar-refractivity contribution is -0.148. The Labute approximate surface area is 183 Å². The molecule has 4 unspecified atom stereocenters. The van der Waals surface area contributed by atoms with E-state index in [1.807, 2.05) is 18.2 Å². The highest BCUT2D eigenvalue weighted by atomic mass is 16.5. The number of fused-ring (bicyclic) bond motifs is 3. The number of hydrogen-bond donors (Lipinski definition) is 2. The van der Waals surface area contributed by atoms with E-state index < -0.39 is 5.72 Å². The highest BCUT2D eigenvalue weighted by Crippen LogP contribution is 2.52. The summed E-state index contributed by atoms with van der Waals surface area (Å²) in [5.41, 5.74) is -0.375. The molecule has 4 atom stereocenters. The number of para-hydroxylation sites is 1. The molecule has 6 rings (SSSR count). The predicted octanol–water partition coefficient (Wildman–Crippen LogP) is 2.17. The molecule has 1 saturated heterocycles. The van der Waals surface area contributed by atoms with Crippen molar-refractivity contribution >= 4 is 11.8 Å². The lowest BCUT2D eigenvalue weighted by Crippen LogP contribution is -2.67. The molecule has 4 fully saturated rings. The Bertz CT molecular complexity index is 866. The second-order valence-corrected chi connectivity index (χ2v) is 10.3. The Hall–Kier alpha value is -2.12. The number of hydrogen-bond acceptors (Lipinski definition) is 5. The standard InChI is InChI=1S/C24H33N3O4/c1-23(2,15-27-9-11-30-12-10-27)25-22(29)19-13-17-8-7-16(19)14-24(17)26-21(28)18-5-3-4-6-20(18)31-24/h3-6,16-17,19H,7-15H2,1-2H3,(H,25,29)(H,26,28). The van der Waals surface area contributed by atoms with Crippen molar-refractivity contribution < 1.29 is 19.1 Å². The van der Waals surface area contributed by atoms with E-state index in [9.17, 15) is 9.59 Å². The predicted molar refractivity (Wildman–Crippen MR) is 116 cm³/mol. The fourth-order valence-corrected chi connectivity index (χ4v) is 6.07. The highest BCUT2D eigenvalue weighted by Gasteiger charge is 2.57. The molecule has 168 valence electrons. The van der Waals surface area contributed by atoms with Crippen LogP contribution in [0.1, 0.15) is 49.9 Å². The minimum atomic E-state index is -0.672. The second-order valence-electron chi connectivity index (χ2n) is 10.3.